The molecule has 0 radical (unpaired) electrons. The lowest BCUT2D eigenvalue weighted by Gasteiger charge is -2.28. The fraction of sp³-hybridized carbons (Fsp3) is 0.480. The molecule has 1 aliphatic rings. The first-order valence-electron chi connectivity index (χ1n) is 11.6. The Bertz CT molecular complexity index is 942. The summed E-state index contributed by atoms with van der Waals surface area (Å²) >= 11 is 1.97. The first-order chi connectivity index (χ1) is 16.2. The van der Waals surface area contributed by atoms with E-state index < -0.39 is 6.10 Å². The topological polar surface area (TPSA) is 75.1 Å². The van der Waals surface area contributed by atoms with Gasteiger partial charge in [-0.15, -0.1) is 0 Å². The molecule has 1 saturated heterocycles. The average Bonchev–Trinajstić information content (AvgIpc) is 3.51. The molecule has 0 saturated carbocycles. The molecule has 0 spiro atoms. The largest absolute Gasteiger partial charge is 0.467 e. The number of furan rings is 1. The summed E-state index contributed by atoms with van der Waals surface area (Å²) in [6.45, 7) is 6.73. The summed E-state index contributed by atoms with van der Waals surface area (Å²) in [7, 11) is 0. The van der Waals surface area contributed by atoms with Crippen LogP contribution >= 0.6 is 11.8 Å². The molecule has 3 heterocycles. The molecule has 1 atom stereocenters. The van der Waals surface area contributed by atoms with Crippen molar-refractivity contribution in [1.82, 2.24) is 10.1 Å². The molecule has 1 aromatic carbocycles. The van der Waals surface area contributed by atoms with E-state index in [1.165, 1.54) is 0 Å². The molecule has 1 aliphatic heterocycles. The van der Waals surface area contributed by atoms with Crippen LogP contribution in [0, 0.1) is 0 Å². The van der Waals surface area contributed by atoms with Gasteiger partial charge in [-0.05, 0) is 25.1 Å². The lowest BCUT2D eigenvalue weighted by atomic mass is 10.1. The van der Waals surface area contributed by atoms with Gasteiger partial charge in [0.05, 0.1) is 24.5 Å². The molecule has 7 nitrogen and oxygen atoms in total. The zero-order valence-corrected chi connectivity index (χ0v) is 20.0. The molecule has 1 unspecified atom stereocenters. The third-order valence-electron chi connectivity index (χ3n) is 5.64. The Labute approximate surface area is 199 Å². The smallest absolute Gasteiger partial charge is 0.232 e. The van der Waals surface area contributed by atoms with Gasteiger partial charge < -0.3 is 23.7 Å². The second-order valence-electron chi connectivity index (χ2n) is 8.26. The van der Waals surface area contributed by atoms with E-state index in [2.05, 4.69) is 34.0 Å². The second-order valence-corrected chi connectivity index (χ2v) is 9.49. The van der Waals surface area contributed by atoms with Crippen LogP contribution in [0.5, 0.6) is 0 Å². The lowest BCUT2D eigenvalue weighted by Crippen LogP contribution is -2.36. The first-order valence-corrected chi connectivity index (χ1v) is 12.8. The van der Waals surface area contributed by atoms with Crippen LogP contribution in [-0.2, 0) is 17.9 Å². The molecule has 33 heavy (non-hydrogen) atoms. The molecule has 1 N–H and O–H groups in total. The Morgan fingerprint density at radius 2 is 2.00 bits per heavy atom. The molecule has 4 rings (SSSR count). The Morgan fingerprint density at radius 1 is 1.18 bits per heavy atom. The highest BCUT2D eigenvalue weighted by molar-refractivity contribution is 7.99. The molecule has 2 aromatic heterocycles. The molecule has 0 amide bonds. The highest BCUT2D eigenvalue weighted by atomic mass is 32.2. The number of benzene rings is 1. The number of aromatic nitrogens is 1. The quantitative estimate of drug-likeness (QED) is 0.420. The Balaban J connectivity index is 1.47. The standard InChI is InChI=1S/C25H33N3O4S/c1-2-10-27(16-21(29)18-30-19-22-9-6-13-31-22)17-23-24(20-7-4-3-5-8-20)26-32-25(23)28-11-14-33-15-12-28/h3-9,13,21,29H,2,10-12,14-19H2,1H3. The van der Waals surface area contributed by atoms with Crippen molar-refractivity contribution in [2.24, 2.45) is 0 Å². The minimum atomic E-state index is -0.596. The molecule has 0 aliphatic carbocycles. The third-order valence-corrected chi connectivity index (χ3v) is 6.58. The summed E-state index contributed by atoms with van der Waals surface area (Å²) in [5.41, 5.74) is 3.02. The van der Waals surface area contributed by atoms with E-state index in [4.69, 9.17) is 13.7 Å². The Morgan fingerprint density at radius 3 is 2.73 bits per heavy atom. The number of aliphatic hydroxyl groups is 1. The maximum atomic E-state index is 10.7. The number of rotatable bonds is 12. The third kappa shape index (κ3) is 6.63. The fourth-order valence-corrected chi connectivity index (χ4v) is 5.00. The van der Waals surface area contributed by atoms with Crippen LogP contribution in [0.25, 0.3) is 11.3 Å². The minimum Gasteiger partial charge on any atom is -0.467 e. The normalized spacial score (nSPS) is 15.3. The summed E-state index contributed by atoms with van der Waals surface area (Å²) in [4.78, 5) is 4.57. The molecular weight excluding hydrogens is 438 g/mol. The van der Waals surface area contributed by atoms with Gasteiger partial charge in [-0.25, -0.2) is 0 Å². The SMILES string of the molecule is CCCN(Cc1c(-c2ccccc2)noc1N1CCSCC1)CC(O)COCc1ccco1. The summed E-state index contributed by atoms with van der Waals surface area (Å²) < 4.78 is 16.9. The number of aliphatic hydroxyl groups excluding tert-OH is 1. The van der Waals surface area contributed by atoms with Crippen molar-refractivity contribution < 1.29 is 18.8 Å². The lowest BCUT2D eigenvalue weighted by molar-refractivity contribution is 0.00388. The monoisotopic (exact) mass is 471 g/mol. The van der Waals surface area contributed by atoms with Gasteiger partial charge in [0.1, 0.15) is 18.1 Å². The highest BCUT2D eigenvalue weighted by Gasteiger charge is 2.26. The van der Waals surface area contributed by atoms with Gasteiger partial charge in [-0.1, -0.05) is 42.4 Å². The van der Waals surface area contributed by atoms with Gasteiger partial charge >= 0.3 is 0 Å². The van der Waals surface area contributed by atoms with Crippen molar-refractivity contribution in [3.05, 3.63) is 60.1 Å². The van der Waals surface area contributed by atoms with Crippen molar-refractivity contribution in [2.45, 2.75) is 32.6 Å². The maximum absolute atomic E-state index is 10.7. The second kappa shape index (κ2) is 12.3. The van der Waals surface area contributed by atoms with E-state index in [0.717, 1.165) is 66.0 Å². The number of thioether (sulfide) groups is 1. The number of hydrogen-bond acceptors (Lipinski definition) is 8. The highest BCUT2D eigenvalue weighted by Crippen LogP contribution is 2.33. The van der Waals surface area contributed by atoms with E-state index >= 15 is 0 Å². The first kappa shape index (κ1) is 23.9. The summed E-state index contributed by atoms with van der Waals surface area (Å²) in [6, 6.07) is 13.9. The number of nitrogens with zero attached hydrogens (tertiary/aromatic N) is 3. The number of ether oxygens (including phenoxy) is 1. The van der Waals surface area contributed by atoms with E-state index in [0.29, 0.717) is 19.7 Å². The molecular formula is C25H33N3O4S. The van der Waals surface area contributed by atoms with Crippen LogP contribution in [0.15, 0.2) is 57.7 Å². The summed E-state index contributed by atoms with van der Waals surface area (Å²) in [5.74, 6) is 3.80. The van der Waals surface area contributed by atoms with Crippen LogP contribution < -0.4 is 4.90 Å². The van der Waals surface area contributed by atoms with E-state index in [1.54, 1.807) is 6.26 Å². The van der Waals surface area contributed by atoms with Crippen LogP contribution in [0.4, 0.5) is 5.88 Å². The van der Waals surface area contributed by atoms with E-state index in [-0.39, 0.29) is 6.61 Å². The van der Waals surface area contributed by atoms with E-state index in [9.17, 15) is 5.11 Å². The van der Waals surface area contributed by atoms with Crippen molar-refractivity contribution >= 4 is 17.6 Å². The molecule has 8 heteroatoms. The molecule has 3 aromatic rings. The van der Waals surface area contributed by atoms with Crippen molar-refractivity contribution in [3.63, 3.8) is 0 Å². The van der Waals surface area contributed by atoms with Gasteiger partial charge in [0.2, 0.25) is 5.88 Å². The Hall–Kier alpha value is -2.26. The van der Waals surface area contributed by atoms with Gasteiger partial charge in [0.15, 0.2) is 0 Å². The summed E-state index contributed by atoms with van der Waals surface area (Å²) in [6.07, 6.45) is 2.02. The van der Waals surface area contributed by atoms with Gasteiger partial charge in [0, 0.05) is 43.2 Å². The number of hydrogen-bond donors (Lipinski definition) is 1. The molecule has 178 valence electrons. The Kier molecular flexibility index (Phi) is 8.88. The van der Waals surface area contributed by atoms with Gasteiger partial charge in [-0.3, -0.25) is 4.90 Å². The summed E-state index contributed by atoms with van der Waals surface area (Å²) in [5, 5.41) is 15.1. The zero-order chi connectivity index (χ0) is 22.9. The minimum absolute atomic E-state index is 0.256. The number of anilines is 1. The van der Waals surface area contributed by atoms with Crippen LogP contribution in [0.1, 0.15) is 24.7 Å². The van der Waals surface area contributed by atoms with Crippen LogP contribution in [0.3, 0.4) is 0 Å². The van der Waals surface area contributed by atoms with Gasteiger partial charge in [-0.2, -0.15) is 11.8 Å². The molecule has 1 fully saturated rings. The average molecular weight is 472 g/mol. The van der Waals surface area contributed by atoms with Crippen LogP contribution in [0.2, 0.25) is 0 Å². The fourth-order valence-electron chi connectivity index (χ4n) is 4.10. The van der Waals surface area contributed by atoms with Crippen molar-refractivity contribution in [2.75, 3.05) is 49.2 Å². The van der Waals surface area contributed by atoms with Crippen molar-refractivity contribution in [1.29, 1.82) is 0 Å². The van der Waals surface area contributed by atoms with E-state index in [1.807, 2.05) is 42.1 Å². The van der Waals surface area contributed by atoms with Gasteiger partial charge in [0.25, 0.3) is 0 Å². The molecule has 0 bridgehead atoms. The van der Waals surface area contributed by atoms with Crippen molar-refractivity contribution in [3.8, 4) is 11.3 Å². The predicted octanol–water partition coefficient (Wildman–Crippen LogP) is 4.28. The zero-order valence-electron chi connectivity index (χ0n) is 19.2. The maximum Gasteiger partial charge on any atom is 0.232 e. The predicted molar refractivity (Wildman–Crippen MR) is 131 cm³/mol. The van der Waals surface area contributed by atoms with Crippen LogP contribution in [-0.4, -0.2) is 65.6 Å².